The molecular formula is C35H39FN4O5. The van der Waals surface area contributed by atoms with Crippen LogP contribution in [0.3, 0.4) is 0 Å². The molecule has 236 valence electrons. The molecule has 2 unspecified atom stereocenters. The molecular weight excluding hydrogens is 575 g/mol. The van der Waals surface area contributed by atoms with Crippen LogP contribution in [0.15, 0.2) is 72.8 Å². The highest BCUT2D eigenvalue weighted by Gasteiger charge is 2.39. The van der Waals surface area contributed by atoms with Gasteiger partial charge in [-0.05, 0) is 80.0 Å². The van der Waals surface area contributed by atoms with Gasteiger partial charge < -0.3 is 25.0 Å². The number of nitrogens with one attached hydrogen (secondary N) is 2. The molecule has 2 atom stereocenters. The number of hydrogen-bond donors (Lipinski definition) is 2. The molecule has 2 heterocycles. The minimum atomic E-state index is -0.874. The van der Waals surface area contributed by atoms with Crippen LogP contribution in [0.1, 0.15) is 24.0 Å². The van der Waals surface area contributed by atoms with Gasteiger partial charge in [0.1, 0.15) is 11.5 Å². The standard InChI is InChI=1S/C35H39FN4O5/c1-39-20-25-16-24(17-26(25)21-39)22-44-28-9-10-29-31(19-28)40(43-2)15-13-32(29)45-33-11-8-27(18-30(33)36)38-35(42)34(41)37-14-12-23-6-4-3-5-7-23/h3-11,13,18-19,24-26H,12,14-17,20-22H2,1-2H3,(H,37,41)(H,38,42). The van der Waals surface area contributed by atoms with E-state index in [1.807, 2.05) is 54.6 Å². The van der Waals surface area contributed by atoms with Crippen molar-refractivity contribution in [2.75, 3.05) is 57.3 Å². The number of rotatable bonds is 10. The maximum atomic E-state index is 15.1. The van der Waals surface area contributed by atoms with Gasteiger partial charge in [-0.25, -0.2) is 9.45 Å². The average molecular weight is 615 g/mol. The van der Waals surface area contributed by atoms with Crippen molar-refractivity contribution >= 4 is 28.9 Å². The summed E-state index contributed by atoms with van der Waals surface area (Å²) < 4.78 is 27.4. The quantitative estimate of drug-likeness (QED) is 0.314. The van der Waals surface area contributed by atoms with Gasteiger partial charge in [-0.15, -0.1) is 0 Å². The number of carbonyl (C=O) groups is 2. The molecule has 1 saturated heterocycles. The number of amides is 2. The van der Waals surface area contributed by atoms with E-state index in [-0.39, 0.29) is 11.4 Å². The molecule has 0 radical (unpaired) electrons. The molecule has 3 aliphatic rings. The van der Waals surface area contributed by atoms with Crippen LogP contribution in [0.5, 0.6) is 11.5 Å². The fraction of sp³-hybridized carbons (Fsp3) is 0.371. The fourth-order valence-electron chi connectivity index (χ4n) is 6.68. The lowest BCUT2D eigenvalue weighted by Gasteiger charge is -2.29. The molecule has 2 fully saturated rings. The summed E-state index contributed by atoms with van der Waals surface area (Å²) in [5, 5.41) is 6.75. The SMILES string of the molecule is CON1CC=C(Oc2ccc(NC(=O)C(=O)NCCc3ccccc3)cc2F)c2ccc(OCC3CC4CN(C)CC4C3)cc21. The highest BCUT2D eigenvalue weighted by Crippen LogP contribution is 2.42. The Morgan fingerprint density at radius 1 is 0.978 bits per heavy atom. The van der Waals surface area contributed by atoms with Gasteiger partial charge in [0.2, 0.25) is 0 Å². The van der Waals surface area contributed by atoms with E-state index in [4.69, 9.17) is 14.3 Å². The molecule has 6 rings (SSSR count). The second kappa shape index (κ2) is 13.7. The lowest BCUT2D eigenvalue weighted by atomic mass is 10.0. The topological polar surface area (TPSA) is 92.4 Å². The number of likely N-dealkylation sites (tertiary alicyclic amines) is 1. The van der Waals surface area contributed by atoms with Gasteiger partial charge in [0.25, 0.3) is 0 Å². The number of hydrogen-bond acceptors (Lipinski definition) is 7. The fourth-order valence-corrected chi connectivity index (χ4v) is 6.68. The van der Waals surface area contributed by atoms with Crippen LogP contribution in [0.2, 0.25) is 0 Å². The zero-order valence-corrected chi connectivity index (χ0v) is 25.6. The van der Waals surface area contributed by atoms with Gasteiger partial charge in [-0.2, -0.15) is 0 Å². The Hall–Kier alpha value is -4.41. The summed E-state index contributed by atoms with van der Waals surface area (Å²) in [6.45, 7) is 3.76. The first-order chi connectivity index (χ1) is 21.9. The Morgan fingerprint density at radius 2 is 1.76 bits per heavy atom. The van der Waals surface area contributed by atoms with Crippen LogP contribution in [-0.2, 0) is 20.8 Å². The molecule has 0 aromatic heterocycles. The molecule has 3 aromatic rings. The van der Waals surface area contributed by atoms with Crippen LogP contribution in [0.25, 0.3) is 5.76 Å². The van der Waals surface area contributed by atoms with Gasteiger partial charge >= 0.3 is 11.8 Å². The molecule has 1 saturated carbocycles. The van der Waals surface area contributed by atoms with Crippen molar-refractivity contribution in [2.24, 2.45) is 17.8 Å². The molecule has 0 spiro atoms. The summed E-state index contributed by atoms with van der Waals surface area (Å²) in [6, 6.07) is 19.4. The van der Waals surface area contributed by atoms with Gasteiger partial charge in [0.15, 0.2) is 11.6 Å². The summed E-state index contributed by atoms with van der Waals surface area (Å²) in [5.41, 5.74) is 2.69. The second-order valence-electron chi connectivity index (χ2n) is 12.1. The normalized spacial score (nSPS) is 20.6. The Morgan fingerprint density at radius 3 is 2.49 bits per heavy atom. The number of hydroxylamine groups is 1. The van der Waals surface area contributed by atoms with E-state index >= 15 is 4.39 Å². The van der Waals surface area contributed by atoms with Crippen molar-refractivity contribution in [3.05, 3.63) is 89.8 Å². The first kappa shape index (κ1) is 30.6. The van der Waals surface area contributed by atoms with Gasteiger partial charge in [0, 0.05) is 43.0 Å². The van der Waals surface area contributed by atoms with Crippen molar-refractivity contribution in [1.29, 1.82) is 0 Å². The third-order valence-electron chi connectivity index (χ3n) is 8.84. The third kappa shape index (κ3) is 7.29. The van der Waals surface area contributed by atoms with E-state index in [0.29, 0.717) is 37.8 Å². The van der Waals surface area contributed by atoms with Gasteiger partial charge in [-0.3, -0.25) is 14.4 Å². The number of fused-ring (bicyclic) bond motifs is 2. The lowest BCUT2D eigenvalue weighted by molar-refractivity contribution is -0.136. The van der Waals surface area contributed by atoms with E-state index in [9.17, 15) is 9.59 Å². The van der Waals surface area contributed by atoms with Gasteiger partial charge in [0.05, 0.1) is 25.9 Å². The Bertz CT molecular complexity index is 1550. The molecule has 0 bridgehead atoms. The van der Waals surface area contributed by atoms with Crippen LogP contribution in [0, 0.1) is 23.6 Å². The molecule has 45 heavy (non-hydrogen) atoms. The summed E-state index contributed by atoms with van der Waals surface area (Å²) in [7, 11) is 3.80. The predicted octanol–water partition coefficient (Wildman–Crippen LogP) is 4.89. The van der Waals surface area contributed by atoms with Crippen LogP contribution >= 0.6 is 0 Å². The predicted molar refractivity (Wildman–Crippen MR) is 170 cm³/mol. The number of anilines is 2. The summed E-state index contributed by atoms with van der Waals surface area (Å²) in [6.07, 6.45) is 4.83. The summed E-state index contributed by atoms with van der Waals surface area (Å²) in [5.74, 6) is 0.992. The van der Waals surface area contributed by atoms with Crippen molar-refractivity contribution in [3.8, 4) is 11.5 Å². The minimum Gasteiger partial charge on any atom is -0.493 e. The smallest absolute Gasteiger partial charge is 0.313 e. The maximum Gasteiger partial charge on any atom is 0.313 e. The van der Waals surface area contributed by atoms with Gasteiger partial charge in [-0.1, -0.05) is 30.3 Å². The van der Waals surface area contributed by atoms with Crippen molar-refractivity contribution in [2.45, 2.75) is 19.3 Å². The lowest BCUT2D eigenvalue weighted by Crippen LogP contribution is -2.36. The molecule has 1 aliphatic carbocycles. The zero-order chi connectivity index (χ0) is 31.3. The Labute approximate surface area is 262 Å². The number of halogens is 1. The minimum absolute atomic E-state index is 0.0128. The monoisotopic (exact) mass is 614 g/mol. The molecule has 2 aliphatic heterocycles. The number of carbonyl (C=O) groups excluding carboxylic acids is 2. The van der Waals surface area contributed by atoms with E-state index in [2.05, 4.69) is 22.6 Å². The van der Waals surface area contributed by atoms with E-state index in [0.717, 1.165) is 40.5 Å². The highest BCUT2D eigenvalue weighted by atomic mass is 19.1. The van der Waals surface area contributed by atoms with Crippen molar-refractivity contribution in [1.82, 2.24) is 10.2 Å². The second-order valence-corrected chi connectivity index (χ2v) is 12.1. The molecule has 3 aromatic carbocycles. The average Bonchev–Trinajstić information content (AvgIpc) is 3.58. The maximum absolute atomic E-state index is 15.1. The van der Waals surface area contributed by atoms with E-state index < -0.39 is 17.6 Å². The van der Waals surface area contributed by atoms with Crippen molar-refractivity contribution in [3.63, 3.8) is 0 Å². The largest absolute Gasteiger partial charge is 0.493 e. The molecule has 2 amide bonds. The molecule has 9 nitrogen and oxygen atoms in total. The number of ether oxygens (including phenoxy) is 2. The van der Waals surface area contributed by atoms with E-state index in [1.165, 1.54) is 38.1 Å². The summed E-state index contributed by atoms with van der Waals surface area (Å²) in [4.78, 5) is 32.6. The van der Waals surface area contributed by atoms with Crippen LogP contribution in [0.4, 0.5) is 15.8 Å². The first-order valence-electron chi connectivity index (χ1n) is 15.4. The van der Waals surface area contributed by atoms with Crippen molar-refractivity contribution < 1.29 is 28.3 Å². The number of benzene rings is 3. The number of nitrogens with zero attached hydrogens (tertiary/aromatic N) is 2. The zero-order valence-electron chi connectivity index (χ0n) is 25.6. The van der Waals surface area contributed by atoms with Crippen LogP contribution < -0.4 is 25.2 Å². The highest BCUT2D eigenvalue weighted by molar-refractivity contribution is 6.39. The van der Waals surface area contributed by atoms with E-state index in [1.54, 1.807) is 12.2 Å². The molecule has 10 heteroatoms. The first-order valence-corrected chi connectivity index (χ1v) is 15.4. The Kier molecular flexibility index (Phi) is 9.32. The van der Waals surface area contributed by atoms with Crippen LogP contribution in [-0.4, -0.2) is 63.7 Å². The third-order valence-corrected chi connectivity index (χ3v) is 8.84. The summed E-state index contributed by atoms with van der Waals surface area (Å²) >= 11 is 0. The molecule has 2 N–H and O–H groups in total. The Balaban J connectivity index is 1.05.